The van der Waals surface area contributed by atoms with Gasteiger partial charge in [0.15, 0.2) is 0 Å². The van der Waals surface area contributed by atoms with Gasteiger partial charge in [0, 0.05) is 26.3 Å². The number of nitrogens with zero attached hydrogens (tertiary/aromatic N) is 3. The van der Waals surface area contributed by atoms with E-state index in [1.54, 1.807) is 6.20 Å². The van der Waals surface area contributed by atoms with E-state index in [2.05, 4.69) is 74.2 Å². The third-order valence-corrected chi connectivity index (χ3v) is 3.68. The highest BCUT2D eigenvalue weighted by molar-refractivity contribution is 9.10. The molecular weight excluding hydrogens is 328 g/mol. The summed E-state index contributed by atoms with van der Waals surface area (Å²) in [5.41, 5.74) is 2.54. The van der Waals surface area contributed by atoms with Crippen LogP contribution in [-0.4, -0.2) is 23.6 Å². The van der Waals surface area contributed by atoms with Crippen LogP contribution < -0.4 is 10.2 Å². The molecule has 0 fully saturated rings. The molecule has 1 heterocycles. The van der Waals surface area contributed by atoms with Gasteiger partial charge in [0.1, 0.15) is 5.82 Å². The van der Waals surface area contributed by atoms with Crippen molar-refractivity contribution in [3.05, 3.63) is 46.1 Å². The van der Waals surface area contributed by atoms with E-state index in [0.717, 1.165) is 29.8 Å². The third kappa shape index (κ3) is 4.43. The number of aromatic nitrogens is 2. The van der Waals surface area contributed by atoms with Crippen molar-refractivity contribution in [3.8, 4) is 0 Å². The van der Waals surface area contributed by atoms with Crippen LogP contribution in [0.1, 0.15) is 24.5 Å². The highest BCUT2D eigenvalue weighted by Crippen LogP contribution is 2.24. The zero-order valence-electron chi connectivity index (χ0n) is 12.7. The van der Waals surface area contributed by atoms with Gasteiger partial charge in [-0.3, -0.25) is 0 Å². The van der Waals surface area contributed by atoms with E-state index in [4.69, 9.17) is 0 Å². The van der Waals surface area contributed by atoms with E-state index in [9.17, 15) is 0 Å². The zero-order chi connectivity index (χ0) is 15.2. The molecule has 0 aliphatic rings. The van der Waals surface area contributed by atoms with Crippen molar-refractivity contribution in [1.82, 2.24) is 9.97 Å². The van der Waals surface area contributed by atoms with Crippen LogP contribution in [0.5, 0.6) is 0 Å². The largest absolute Gasteiger partial charge is 0.354 e. The standard InChI is InChI=1S/C16H21BrN4/c1-4-8-18-16-19-10-14(17)15(20-16)21(3)11-13-7-5-6-12(2)9-13/h5-7,9-10H,4,8,11H2,1-3H3,(H,18,19,20). The predicted molar refractivity (Wildman–Crippen MR) is 91.8 cm³/mol. The summed E-state index contributed by atoms with van der Waals surface area (Å²) < 4.78 is 0.903. The molecule has 1 aromatic carbocycles. The second kappa shape index (κ2) is 7.41. The van der Waals surface area contributed by atoms with Crippen molar-refractivity contribution in [2.24, 2.45) is 0 Å². The minimum absolute atomic E-state index is 0.672. The summed E-state index contributed by atoms with van der Waals surface area (Å²) in [7, 11) is 2.04. The fourth-order valence-corrected chi connectivity index (χ4v) is 2.60. The van der Waals surface area contributed by atoms with Crippen molar-refractivity contribution in [2.75, 3.05) is 23.8 Å². The average molecular weight is 349 g/mol. The number of hydrogen-bond acceptors (Lipinski definition) is 4. The van der Waals surface area contributed by atoms with Crippen molar-refractivity contribution < 1.29 is 0 Å². The van der Waals surface area contributed by atoms with Gasteiger partial charge in [-0.25, -0.2) is 4.98 Å². The number of rotatable bonds is 6. The van der Waals surface area contributed by atoms with Crippen molar-refractivity contribution in [3.63, 3.8) is 0 Å². The molecule has 5 heteroatoms. The Balaban J connectivity index is 2.15. The maximum absolute atomic E-state index is 4.59. The Morgan fingerprint density at radius 2 is 2.14 bits per heavy atom. The zero-order valence-corrected chi connectivity index (χ0v) is 14.3. The molecule has 0 unspecified atom stereocenters. The number of nitrogens with one attached hydrogen (secondary N) is 1. The molecule has 0 saturated heterocycles. The smallest absolute Gasteiger partial charge is 0.224 e. The molecule has 0 radical (unpaired) electrons. The van der Waals surface area contributed by atoms with E-state index in [-0.39, 0.29) is 0 Å². The lowest BCUT2D eigenvalue weighted by atomic mass is 10.1. The molecule has 4 nitrogen and oxygen atoms in total. The Kier molecular flexibility index (Phi) is 5.56. The van der Waals surface area contributed by atoms with Crippen molar-refractivity contribution >= 4 is 27.7 Å². The first-order chi connectivity index (χ1) is 10.1. The first-order valence-electron chi connectivity index (χ1n) is 7.13. The van der Waals surface area contributed by atoms with E-state index >= 15 is 0 Å². The number of halogens is 1. The Bertz CT molecular complexity index is 601. The van der Waals surface area contributed by atoms with Crippen LogP contribution in [0, 0.1) is 6.92 Å². The summed E-state index contributed by atoms with van der Waals surface area (Å²) >= 11 is 3.53. The van der Waals surface area contributed by atoms with Crippen LogP contribution in [0.3, 0.4) is 0 Å². The molecule has 0 saturated carbocycles. The molecule has 1 N–H and O–H groups in total. The average Bonchev–Trinajstić information content (AvgIpc) is 2.46. The third-order valence-electron chi connectivity index (χ3n) is 3.12. The summed E-state index contributed by atoms with van der Waals surface area (Å²) in [5, 5.41) is 3.22. The highest BCUT2D eigenvalue weighted by Gasteiger charge is 2.10. The number of hydrogen-bond donors (Lipinski definition) is 1. The van der Waals surface area contributed by atoms with Crippen LogP contribution in [-0.2, 0) is 6.54 Å². The van der Waals surface area contributed by atoms with Gasteiger partial charge in [0.05, 0.1) is 4.47 Å². The summed E-state index contributed by atoms with van der Waals surface area (Å²) in [6.07, 6.45) is 2.85. The van der Waals surface area contributed by atoms with Gasteiger partial charge in [0.2, 0.25) is 5.95 Å². The molecule has 0 aliphatic heterocycles. The van der Waals surface area contributed by atoms with Gasteiger partial charge in [-0.05, 0) is 34.8 Å². The number of aryl methyl sites for hydroxylation is 1. The molecule has 0 bridgehead atoms. The molecule has 112 valence electrons. The Morgan fingerprint density at radius 3 is 2.86 bits per heavy atom. The topological polar surface area (TPSA) is 41.1 Å². The van der Waals surface area contributed by atoms with Crippen LogP contribution in [0.2, 0.25) is 0 Å². The van der Waals surface area contributed by atoms with Gasteiger partial charge in [-0.1, -0.05) is 36.8 Å². The fourth-order valence-electron chi connectivity index (χ4n) is 2.11. The van der Waals surface area contributed by atoms with Crippen LogP contribution in [0.15, 0.2) is 34.9 Å². The molecule has 2 aromatic rings. The van der Waals surface area contributed by atoms with Gasteiger partial charge >= 0.3 is 0 Å². The Labute approximate surface area is 134 Å². The number of anilines is 2. The van der Waals surface area contributed by atoms with Gasteiger partial charge in [-0.2, -0.15) is 4.98 Å². The summed E-state index contributed by atoms with van der Waals surface area (Å²) in [6.45, 7) is 5.92. The van der Waals surface area contributed by atoms with Crippen molar-refractivity contribution in [2.45, 2.75) is 26.8 Å². The first-order valence-corrected chi connectivity index (χ1v) is 7.92. The van der Waals surface area contributed by atoms with E-state index in [1.165, 1.54) is 11.1 Å². The van der Waals surface area contributed by atoms with Crippen LogP contribution in [0.25, 0.3) is 0 Å². The predicted octanol–water partition coefficient (Wildman–Crippen LogP) is 4.01. The monoisotopic (exact) mass is 348 g/mol. The molecule has 0 amide bonds. The molecule has 0 aliphatic carbocycles. The van der Waals surface area contributed by atoms with Gasteiger partial charge in [-0.15, -0.1) is 0 Å². The number of benzene rings is 1. The fraction of sp³-hybridized carbons (Fsp3) is 0.375. The second-order valence-electron chi connectivity index (χ2n) is 5.14. The summed E-state index contributed by atoms with van der Waals surface area (Å²) in [6, 6.07) is 8.52. The quantitative estimate of drug-likeness (QED) is 0.856. The molecule has 21 heavy (non-hydrogen) atoms. The van der Waals surface area contributed by atoms with Gasteiger partial charge < -0.3 is 10.2 Å². The molecule has 2 rings (SSSR count). The maximum atomic E-state index is 4.59. The lowest BCUT2D eigenvalue weighted by Gasteiger charge is -2.20. The highest BCUT2D eigenvalue weighted by atomic mass is 79.9. The van der Waals surface area contributed by atoms with E-state index < -0.39 is 0 Å². The van der Waals surface area contributed by atoms with Crippen LogP contribution in [0.4, 0.5) is 11.8 Å². The van der Waals surface area contributed by atoms with E-state index in [1.807, 2.05) is 7.05 Å². The minimum atomic E-state index is 0.672. The molecule has 0 spiro atoms. The van der Waals surface area contributed by atoms with E-state index in [0.29, 0.717) is 5.95 Å². The Morgan fingerprint density at radius 1 is 1.33 bits per heavy atom. The second-order valence-corrected chi connectivity index (χ2v) is 5.99. The summed E-state index contributed by atoms with van der Waals surface area (Å²) in [4.78, 5) is 11.0. The normalized spacial score (nSPS) is 10.5. The lowest BCUT2D eigenvalue weighted by Crippen LogP contribution is -2.19. The maximum Gasteiger partial charge on any atom is 0.224 e. The molecular formula is C16H21BrN4. The SMILES string of the molecule is CCCNc1ncc(Br)c(N(C)Cc2cccc(C)c2)n1. The molecule has 0 atom stereocenters. The lowest BCUT2D eigenvalue weighted by molar-refractivity contribution is 0.878. The van der Waals surface area contributed by atoms with Crippen LogP contribution >= 0.6 is 15.9 Å². The molecule has 1 aromatic heterocycles. The van der Waals surface area contributed by atoms with Gasteiger partial charge in [0.25, 0.3) is 0 Å². The Hall–Kier alpha value is -1.62. The van der Waals surface area contributed by atoms with Crippen molar-refractivity contribution in [1.29, 1.82) is 0 Å². The first kappa shape index (κ1) is 15.8. The summed E-state index contributed by atoms with van der Waals surface area (Å²) in [5.74, 6) is 1.57. The minimum Gasteiger partial charge on any atom is -0.354 e.